The molecule has 1 rings (SSSR count). The van der Waals surface area contributed by atoms with Crippen molar-refractivity contribution in [2.24, 2.45) is 0 Å². The van der Waals surface area contributed by atoms with E-state index < -0.39 is 17.9 Å². The lowest BCUT2D eigenvalue weighted by molar-refractivity contribution is -0.138. The maximum Gasteiger partial charge on any atom is 0.325 e. The summed E-state index contributed by atoms with van der Waals surface area (Å²) in [6.45, 7) is 3.12. The van der Waals surface area contributed by atoms with Crippen molar-refractivity contribution in [3.05, 3.63) is 16.6 Å². The smallest absolute Gasteiger partial charge is 0.325 e. The number of carbonyl (C=O) groups is 2. The molecule has 1 aromatic rings. The second kappa shape index (κ2) is 4.19. The average molecular weight is 214 g/mol. The fourth-order valence-electron chi connectivity index (χ4n) is 0.847. The second-order valence-corrected chi connectivity index (χ2v) is 3.48. The van der Waals surface area contributed by atoms with Crippen molar-refractivity contribution >= 4 is 23.4 Å². The SMILES string of the molecule is Cc1nscc1C(=O)N[C@@H](C)C(=O)O. The topological polar surface area (TPSA) is 79.3 Å². The Morgan fingerprint density at radius 3 is 2.71 bits per heavy atom. The maximum absolute atomic E-state index is 11.4. The molecule has 1 heterocycles. The van der Waals surface area contributed by atoms with Gasteiger partial charge in [0.25, 0.3) is 5.91 Å². The highest BCUT2D eigenvalue weighted by Crippen LogP contribution is 2.08. The zero-order valence-corrected chi connectivity index (χ0v) is 8.59. The Balaban J connectivity index is 2.69. The molecule has 76 valence electrons. The molecule has 0 aliphatic rings. The van der Waals surface area contributed by atoms with Crippen LogP contribution in [0.2, 0.25) is 0 Å². The standard InChI is InChI=1S/C8H10N2O3S/c1-4-6(3-14-10-4)7(11)9-5(2)8(12)13/h3,5H,1-2H3,(H,9,11)(H,12,13)/t5-/m0/s1. The van der Waals surface area contributed by atoms with E-state index in [9.17, 15) is 9.59 Å². The minimum Gasteiger partial charge on any atom is -0.480 e. The van der Waals surface area contributed by atoms with Crippen LogP contribution in [-0.4, -0.2) is 27.4 Å². The van der Waals surface area contributed by atoms with Crippen molar-refractivity contribution in [3.8, 4) is 0 Å². The van der Waals surface area contributed by atoms with E-state index in [4.69, 9.17) is 5.11 Å². The lowest BCUT2D eigenvalue weighted by Gasteiger charge is -2.07. The molecule has 0 fully saturated rings. The zero-order valence-electron chi connectivity index (χ0n) is 7.77. The number of carboxylic acid groups (broad SMARTS) is 1. The minimum atomic E-state index is -1.06. The number of rotatable bonds is 3. The molecule has 0 saturated carbocycles. The van der Waals surface area contributed by atoms with Crippen LogP contribution in [0, 0.1) is 6.92 Å². The number of amides is 1. The van der Waals surface area contributed by atoms with Gasteiger partial charge < -0.3 is 10.4 Å². The van der Waals surface area contributed by atoms with Crippen molar-refractivity contribution in [1.29, 1.82) is 0 Å². The number of aryl methyl sites for hydroxylation is 1. The number of nitrogens with one attached hydrogen (secondary N) is 1. The van der Waals surface area contributed by atoms with E-state index in [1.807, 2.05) is 0 Å². The molecule has 0 spiro atoms. The van der Waals surface area contributed by atoms with Crippen LogP contribution in [0.15, 0.2) is 5.38 Å². The number of hydrogen-bond acceptors (Lipinski definition) is 4. The largest absolute Gasteiger partial charge is 0.480 e. The van der Waals surface area contributed by atoms with E-state index in [2.05, 4.69) is 9.69 Å². The summed E-state index contributed by atoms with van der Waals surface area (Å²) in [5, 5.41) is 12.5. The average Bonchev–Trinajstić information content (AvgIpc) is 2.51. The van der Waals surface area contributed by atoms with E-state index >= 15 is 0 Å². The molecule has 0 aliphatic carbocycles. The molecular weight excluding hydrogens is 204 g/mol. The summed E-state index contributed by atoms with van der Waals surface area (Å²) in [5.41, 5.74) is 1.05. The number of hydrogen-bond donors (Lipinski definition) is 2. The maximum atomic E-state index is 11.4. The van der Waals surface area contributed by atoms with Gasteiger partial charge >= 0.3 is 5.97 Å². The van der Waals surface area contributed by atoms with Gasteiger partial charge in [0.05, 0.1) is 11.3 Å². The summed E-state index contributed by atoms with van der Waals surface area (Å²) >= 11 is 1.17. The predicted molar refractivity (Wildman–Crippen MR) is 51.4 cm³/mol. The number of aromatic nitrogens is 1. The first-order valence-electron chi connectivity index (χ1n) is 3.97. The van der Waals surface area contributed by atoms with Gasteiger partial charge in [0, 0.05) is 5.38 Å². The summed E-state index contributed by atoms with van der Waals surface area (Å²) < 4.78 is 3.92. The molecule has 0 radical (unpaired) electrons. The van der Waals surface area contributed by atoms with Crippen LogP contribution in [-0.2, 0) is 4.79 Å². The number of aliphatic carboxylic acids is 1. The number of carboxylic acids is 1. The van der Waals surface area contributed by atoms with Gasteiger partial charge in [-0.25, -0.2) is 0 Å². The third-order valence-corrected chi connectivity index (χ3v) is 2.43. The Bertz CT molecular complexity index is 361. The van der Waals surface area contributed by atoms with E-state index in [0.29, 0.717) is 11.3 Å². The zero-order chi connectivity index (χ0) is 10.7. The lowest BCUT2D eigenvalue weighted by Crippen LogP contribution is -2.38. The Morgan fingerprint density at radius 2 is 2.29 bits per heavy atom. The summed E-state index contributed by atoms with van der Waals surface area (Å²) in [7, 11) is 0. The third-order valence-electron chi connectivity index (χ3n) is 1.71. The molecule has 0 bridgehead atoms. The van der Waals surface area contributed by atoms with Gasteiger partial charge in [-0.05, 0) is 25.4 Å². The Hall–Kier alpha value is -1.43. The molecule has 5 nitrogen and oxygen atoms in total. The molecule has 0 unspecified atom stereocenters. The molecule has 0 aromatic carbocycles. The van der Waals surface area contributed by atoms with E-state index in [0.717, 1.165) is 0 Å². The monoisotopic (exact) mass is 214 g/mol. The summed E-state index contributed by atoms with van der Waals surface area (Å²) in [6, 6.07) is -0.887. The van der Waals surface area contributed by atoms with Crippen LogP contribution >= 0.6 is 11.5 Å². The van der Waals surface area contributed by atoms with Gasteiger partial charge in [0.15, 0.2) is 0 Å². The molecule has 1 atom stereocenters. The number of carbonyl (C=O) groups excluding carboxylic acids is 1. The Labute approximate surface area is 84.9 Å². The first kappa shape index (κ1) is 10.6. The molecule has 1 amide bonds. The molecule has 2 N–H and O–H groups in total. The molecule has 0 aliphatic heterocycles. The van der Waals surface area contributed by atoms with E-state index in [1.165, 1.54) is 18.5 Å². The fraction of sp³-hybridized carbons (Fsp3) is 0.375. The second-order valence-electron chi connectivity index (χ2n) is 2.85. The number of nitrogens with zero attached hydrogens (tertiary/aromatic N) is 1. The van der Waals surface area contributed by atoms with Crippen molar-refractivity contribution in [2.75, 3.05) is 0 Å². The minimum absolute atomic E-state index is 0.397. The normalized spacial score (nSPS) is 12.1. The first-order valence-corrected chi connectivity index (χ1v) is 4.80. The van der Waals surface area contributed by atoms with Gasteiger partial charge in [-0.2, -0.15) is 4.37 Å². The van der Waals surface area contributed by atoms with Crippen LogP contribution in [0.5, 0.6) is 0 Å². The lowest BCUT2D eigenvalue weighted by atomic mass is 10.2. The quantitative estimate of drug-likeness (QED) is 0.774. The van der Waals surface area contributed by atoms with Crippen LogP contribution in [0.1, 0.15) is 23.0 Å². The van der Waals surface area contributed by atoms with Crippen molar-refractivity contribution in [2.45, 2.75) is 19.9 Å². The van der Waals surface area contributed by atoms with Gasteiger partial charge in [-0.15, -0.1) is 0 Å². The highest BCUT2D eigenvalue weighted by atomic mass is 32.1. The van der Waals surface area contributed by atoms with E-state index in [-0.39, 0.29) is 0 Å². The summed E-state index contributed by atoms with van der Waals surface area (Å²) in [6.07, 6.45) is 0. The summed E-state index contributed by atoms with van der Waals surface area (Å²) in [4.78, 5) is 21.9. The Morgan fingerprint density at radius 1 is 1.64 bits per heavy atom. The molecule has 1 aromatic heterocycles. The van der Waals surface area contributed by atoms with Gasteiger partial charge in [0.1, 0.15) is 6.04 Å². The highest BCUT2D eigenvalue weighted by Gasteiger charge is 2.17. The third kappa shape index (κ3) is 2.29. The van der Waals surface area contributed by atoms with Crippen molar-refractivity contribution in [1.82, 2.24) is 9.69 Å². The van der Waals surface area contributed by atoms with Crippen LogP contribution in [0.3, 0.4) is 0 Å². The predicted octanol–water partition coefficient (Wildman–Crippen LogP) is 0.654. The summed E-state index contributed by atoms with van der Waals surface area (Å²) in [5.74, 6) is -1.45. The van der Waals surface area contributed by atoms with E-state index in [1.54, 1.807) is 12.3 Å². The Kier molecular flexibility index (Phi) is 3.19. The first-order chi connectivity index (χ1) is 6.52. The van der Waals surface area contributed by atoms with Crippen LogP contribution < -0.4 is 5.32 Å². The van der Waals surface area contributed by atoms with Gasteiger partial charge in [0.2, 0.25) is 0 Å². The van der Waals surface area contributed by atoms with Gasteiger partial charge in [-0.3, -0.25) is 9.59 Å². The van der Waals surface area contributed by atoms with Crippen molar-refractivity contribution < 1.29 is 14.7 Å². The molecule has 6 heteroatoms. The molecular formula is C8H10N2O3S. The fourth-order valence-corrected chi connectivity index (χ4v) is 1.54. The van der Waals surface area contributed by atoms with Crippen molar-refractivity contribution in [3.63, 3.8) is 0 Å². The van der Waals surface area contributed by atoms with Crippen LogP contribution in [0.25, 0.3) is 0 Å². The molecule has 14 heavy (non-hydrogen) atoms. The molecule has 0 saturated heterocycles. The van der Waals surface area contributed by atoms with Gasteiger partial charge in [-0.1, -0.05) is 0 Å². The highest BCUT2D eigenvalue weighted by molar-refractivity contribution is 7.03. The van der Waals surface area contributed by atoms with Crippen LogP contribution in [0.4, 0.5) is 0 Å².